The highest BCUT2D eigenvalue weighted by atomic mass is 35.5. The standard InChI is InChI=1S/C13H9Cl2FN2O/c14-8-4-1-2-7-11(8)17-13(19)18-12-9(15)5-3-6-10(12)16/h1-7H,(H2,17,18,19). The molecule has 3 nitrogen and oxygen atoms in total. The van der Waals surface area contributed by atoms with Crippen LogP contribution in [0.4, 0.5) is 20.6 Å². The molecule has 0 unspecified atom stereocenters. The molecular weight excluding hydrogens is 290 g/mol. The lowest BCUT2D eigenvalue weighted by molar-refractivity contribution is 0.262. The number of halogens is 3. The van der Waals surface area contributed by atoms with Gasteiger partial charge in [0, 0.05) is 0 Å². The minimum Gasteiger partial charge on any atom is -0.306 e. The highest BCUT2D eigenvalue weighted by molar-refractivity contribution is 6.34. The van der Waals surface area contributed by atoms with Gasteiger partial charge in [0.25, 0.3) is 0 Å². The van der Waals surface area contributed by atoms with Gasteiger partial charge in [0.1, 0.15) is 5.82 Å². The molecule has 6 heteroatoms. The molecule has 2 amide bonds. The summed E-state index contributed by atoms with van der Waals surface area (Å²) in [4.78, 5) is 11.7. The summed E-state index contributed by atoms with van der Waals surface area (Å²) in [6.07, 6.45) is 0. The van der Waals surface area contributed by atoms with Crippen molar-refractivity contribution in [1.29, 1.82) is 0 Å². The highest BCUT2D eigenvalue weighted by Crippen LogP contribution is 2.25. The summed E-state index contributed by atoms with van der Waals surface area (Å²) in [5, 5.41) is 5.35. The molecule has 0 spiro atoms. The molecule has 0 bridgehead atoms. The Kier molecular flexibility index (Phi) is 4.24. The van der Waals surface area contributed by atoms with E-state index in [4.69, 9.17) is 23.2 Å². The first-order valence-corrected chi connectivity index (χ1v) is 6.10. The van der Waals surface area contributed by atoms with Gasteiger partial charge in [-0.1, -0.05) is 41.4 Å². The molecule has 0 aromatic heterocycles. The number of anilines is 2. The van der Waals surface area contributed by atoms with Crippen LogP contribution in [0.15, 0.2) is 42.5 Å². The first-order valence-electron chi connectivity index (χ1n) is 5.34. The van der Waals surface area contributed by atoms with Crippen LogP contribution in [0.2, 0.25) is 10.0 Å². The van der Waals surface area contributed by atoms with Crippen LogP contribution < -0.4 is 10.6 Å². The number of carbonyl (C=O) groups excluding carboxylic acids is 1. The lowest BCUT2D eigenvalue weighted by Gasteiger charge is -2.10. The van der Waals surface area contributed by atoms with E-state index in [0.29, 0.717) is 10.7 Å². The van der Waals surface area contributed by atoms with Crippen molar-refractivity contribution >= 4 is 40.6 Å². The second-order valence-electron chi connectivity index (χ2n) is 3.66. The minimum absolute atomic E-state index is 0.0753. The van der Waals surface area contributed by atoms with E-state index in [9.17, 15) is 9.18 Å². The molecule has 2 aromatic carbocycles. The summed E-state index contributed by atoms with van der Waals surface area (Å²) in [7, 11) is 0. The van der Waals surface area contributed by atoms with Crippen molar-refractivity contribution < 1.29 is 9.18 Å². The van der Waals surface area contributed by atoms with E-state index in [1.54, 1.807) is 24.3 Å². The Morgan fingerprint density at radius 1 is 0.947 bits per heavy atom. The first-order chi connectivity index (χ1) is 9.08. The van der Waals surface area contributed by atoms with Crippen molar-refractivity contribution in [2.75, 3.05) is 10.6 Å². The zero-order valence-corrected chi connectivity index (χ0v) is 11.1. The minimum atomic E-state index is -0.625. The predicted molar refractivity (Wildman–Crippen MR) is 75.5 cm³/mol. The fraction of sp³-hybridized carbons (Fsp3) is 0. The molecule has 0 radical (unpaired) electrons. The van der Waals surface area contributed by atoms with E-state index in [-0.39, 0.29) is 10.7 Å². The molecule has 0 aliphatic heterocycles. The van der Waals surface area contributed by atoms with Gasteiger partial charge < -0.3 is 10.6 Å². The molecule has 0 saturated heterocycles. The fourth-order valence-electron chi connectivity index (χ4n) is 1.45. The number of nitrogens with one attached hydrogen (secondary N) is 2. The molecule has 98 valence electrons. The number of para-hydroxylation sites is 2. The molecule has 0 atom stereocenters. The van der Waals surface area contributed by atoms with E-state index in [1.165, 1.54) is 18.2 Å². The Morgan fingerprint density at radius 2 is 1.63 bits per heavy atom. The van der Waals surface area contributed by atoms with Crippen molar-refractivity contribution in [3.63, 3.8) is 0 Å². The monoisotopic (exact) mass is 298 g/mol. The second-order valence-corrected chi connectivity index (χ2v) is 4.47. The Morgan fingerprint density at radius 3 is 2.32 bits per heavy atom. The summed E-state index contributed by atoms with van der Waals surface area (Å²) >= 11 is 11.7. The summed E-state index contributed by atoms with van der Waals surface area (Å²) in [6, 6.07) is 10.2. The van der Waals surface area contributed by atoms with E-state index >= 15 is 0 Å². The van der Waals surface area contributed by atoms with Crippen LogP contribution in [0.5, 0.6) is 0 Å². The molecule has 2 N–H and O–H groups in total. The summed E-state index contributed by atoms with van der Waals surface area (Å²) in [5.74, 6) is -0.609. The lowest BCUT2D eigenvalue weighted by atomic mass is 10.3. The smallest absolute Gasteiger partial charge is 0.306 e. The summed E-state index contributed by atoms with van der Waals surface area (Å²) in [6.45, 7) is 0. The summed E-state index contributed by atoms with van der Waals surface area (Å²) < 4.78 is 13.5. The van der Waals surface area contributed by atoms with Gasteiger partial charge in [-0.15, -0.1) is 0 Å². The first kappa shape index (κ1) is 13.6. The maximum absolute atomic E-state index is 13.5. The Hall–Kier alpha value is -1.78. The van der Waals surface area contributed by atoms with Gasteiger partial charge in [-0.05, 0) is 24.3 Å². The average Bonchev–Trinajstić information content (AvgIpc) is 2.37. The van der Waals surface area contributed by atoms with Gasteiger partial charge >= 0.3 is 6.03 Å². The SMILES string of the molecule is O=C(Nc1ccccc1Cl)Nc1c(F)cccc1Cl. The fourth-order valence-corrected chi connectivity index (χ4v) is 1.84. The number of urea groups is 1. The second kappa shape index (κ2) is 5.91. The number of hydrogen-bond acceptors (Lipinski definition) is 1. The molecule has 2 aromatic rings. The van der Waals surface area contributed by atoms with Crippen LogP contribution in [0.1, 0.15) is 0 Å². The third kappa shape index (κ3) is 3.36. The molecule has 0 fully saturated rings. The van der Waals surface area contributed by atoms with E-state index in [1.807, 2.05) is 0 Å². The van der Waals surface area contributed by atoms with Gasteiger partial charge in [0.2, 0.25) is 0 Å². The van der Waals surface area contributed by atoms with E-state index in [2.05, 4.69) is 10.6 Å². The number of amides is 2. The van der Waals surface area contributed by atoms with Gasteiger partial charge in [-0.3, -0.25) is 0 Å². The molecule has 0 aliphatic rings. The maximum Gasteiger partial charge on any atom is 0.323 e. The largest absolute Gasteiger partial charge is 0.323 e. The third-order valence-electron chi connectivity index (χ3n) is 2.32. The quantitative estimate of drug-likeness (QED) is 0.823. The molecular formula is C13H9Cl2FN2O. The Bertz CT molecular complexity index is 599. The zero-order chi connectivity index (χ0) is 13.8. The highest BCUT2D eigenvalue weighted by Gasteiger charge is 2.11. The molecule has 0 saturated carbocycles. The van der Waals surface area contributed by atoms with Crippen LogP contribution in [0.25, 0.3) is 0 Å². The number of benzene rings is 2. The van der Waals surface area contributed by atoms with Crippen LogP contribution >= 0.6 is 23.2 Å². The molecule has 19 heavy (non-hydrogen) atoms. The van der Waals surface area contributed by atoms with Crippen molar-refractivity contribution in [3.05, 3.63) is 58.3 Å². The van der Waals surface area contributed by atoms with Crippen LogP contribution in [0, 0.1) is 5.82 Å². The van der Waals surface area contributed by atoms with Crippen LogP contribution in [-0.4, -0.2) is 6.03 Å². The van der Waals surface area contributed by atoms with Gasteiger partial charge in [-0.2, -0.15) is 0 Å². The maximum atomic E-state index is 13.5. The average molecular weight is 299 g/mol. The number of hydrogen-bond donors (Lipinski definition) is 2. The normalized spacial score (nSPS) is 10.1. The van der Waals surface area contributed by atoms with Gasteiger partial charge in [0.15, 0.2) is 0 Å². The van der Waals surface area contributed by atoms with Crippen LogP contribution in [-0.2, 0) is 0 Å². The third-order valence-corrected chi connectivity index (χ3v) is 2.97. The summed E-state index contributed by atoms with van der Waals surface area (Å²) in [5.41, 5.74) is 0.350. The van der Waals surface area contributed by atoms with Crippen molar-refractivity contribution in [3.8, 4) is 0 Å². The van der Waals surface area contributed by atoms with E-state index in [0.717, 1.165) is 0 Å². The van der Waals surface area contributed by atoms with Crippen LogP contribution in [0.3, 0.4) is 0 Å². The zero-order valence-electron chi connectivity index (χ0n) is 9.58. The molecule has 0 aliphatic carbocycles. The lowest BCUT2D eigenvalue weighted by Crippen LogP contribution is -2.20. The van der Waals surface area contributed by atoms with Gasteiger partial charge in [-0.25, -0.2) is 9.18 Å². The predicted octanol–water partition coefficient (Wildman–Crippen LogP) is 4.78. The van der Waals surface area contributed by atoms with Crippen molar-refractivity contribution in [2.45, 2.75) is 0 Å². The molecule has 0 heterocycles. The van der Waals surface area contributed by atoms with Gasteiger partial charge in [0.05, 0.1) is 21.4 Å². The molecule has 2 rings (SSSR count). The van der Waals surface area contributed by atoms with Crippen molar-refractivity contribution in [2.24, 2.45) is 0 Å². The number of carbonyl (C=O) groups is 1. The Balaban J connectivity index is 2.12. The van der Waals surface area contributed by atoms with Crippen molar-refractivity contribution in [1.82, 2.24) is 0 Å². The van der Waals surface area contributed by atoms with E-state index < -0.39 is 11.8 Å². The number of rotatable bonds is 2. The topological polar surface area (TPSA) is 41.1 Å². The Labute approximate surface area is 119 Å².